The van der Waals surface area contributed by atoms with E-state index >= 15 is 0 Å². The Kier molecular flexibility index (Phi) is 4.85. The standard InChI is InChI=1S/C13H16ClN3O4/c1-2-21-13(20)17-5-3-16(4-6-17)11-7-9(12(18)19)10(14)8-15-11/h7-8H,2-6H2,1H3,(H,18,19). The van der Waals surface area contributed by atoms with Crippen molar-refractivity contribution in [2.24, 2.45) is 0 Å². The Balaban J connectivity index is 2.04. The molecule has 1 aliphatic heterocycles. The lowest BCUT2D eigenvalue weighted by Crippen LogP contribution is -2.49. The van der Waals surface area contributed by atoms with Crippen molar-refractivity contribution in [1.82, 2.24) is 9.88 Å². The summed E-state index contributed by atoms with van der Waals surface area (Å²) in [7, 11) is 0. The third-order valence-electron chi connectivity index (χ3n) is 3.20. The average molecular weight is 314 g/mol. The molecule has 0 bridgehead atoms. The third-order valence-corrected chi connectivity index (χ3v) is 3.50. The molecule has 0 spiro atoms. The van der Waals surface area contributed by atoms with Crippen LogP contribution in [-0.4, -0.2) is 59.8 Å². The number of aromatic carboxylic acids is 1. The highest BCUT2D eigenvalue weighted by Gasteiger charge is 2.23. The van der Waals surface area contributed by atoms with Crippen LogP contribution >= 0.6 is 11.6 Å². The van der Waals surface area contributed by atoms with Crippen LogP contribution in [0.3, 0.4) is 0 Å². The number of amides is 1. The first-order valence-corrected chi connectivity index (χ1v) is 6.96. The molecule has 8 heteroatoms. The Morgan fingerprint density at radius 1 is 1.38 bits per heavy atom. The lowest BCUT2D eigenvalue weighted by molar-refractivity contribution is 0.0697. The second-order valence-corrected chi connectivity index (χ2v) is 4.91. The number of carboxylic acids is 1. The summed E-state index contributed by atoms with van der Waals surface area (Å²) in [5, 5.41) is 9.17. The van der Waals surface area contributed by atoms with Crippen molar-refractivity contribution in [2.75, 3.05) is 37.7 Å². The number of carbonyl (C=O) groups excluding carboxylic acids is 1. The molecule has 0 atom stereocenters. The number of anilines is 1. The Morgan fingerprint density at radius 2 is 2.05 bits per heavy atom. The van der Waals surface area contributed by atoms with Crippen molar-refractivity contribution in [3.05, 3.63) is 22.8 Å². The van der Waals surface area contributed by atoms with E-state index in [2.05, 4.69) is 4.98 Å². The molecular weight excluding hydrogens is 298 g/mol. The highest BCUT2D eigenvalue weighted by Crippen LogP contribution is 2.21. The maximum atomic E-state index is 11.6. The highest BCUT2D eigenvalue weighted by molar-refractivity contribution is 6.33. The Labute approximate surface area is 127 Å². The van der Waals surface area contributed by atoms with E-state index in [-0.39, 0.29) is 16.7 Å². The minimum absolute atomic E-state index is 0.0227. The van der Waals surface area contributed by atoms with Crippen molar-refractivity contribution >= 4 is 29.5 Å². The van der Waals surface area contributed by atoms with E-state index in [1.807, 2.05) is 4.90 Å². The zero-order valence-corrected chi connectivity index (χ0v) is 12.3. The number of halogens is 1. The van der Waals surface area contributed by atoms with Gasteiger partial charge in [-0.2, -0.15) is 0 Å². The molecule has 1 N–H and O–H groups in total. The molecule has 7 nitrogen and oxygen atoms in total. The van der Waals surface area contributed by atoms with E-state index in [4.69, 9.17) is 21.4 Å². The number of aromatic nitrogens is 1. The maximum Gasteiger partial charge on any atom is 0.409 e. The van der Waals surface area contributed by atoms with Gasteiger partial charge in [0.05, 0.1) is 17.2 Å². The molecule has 1 amide bonds. The van der Waals surface area contributed by atoms with Crippen LogP contribution in [0.2, 0.25) is 5.02 Å². The molecule has 21 heavy (non-hydrogen) atoms. The van der Waals surface area contributed by atoms with Gasteiger partial charge in [0.2, 0.25) is 0 Å². The molecule has 1 aromatic heterocycles. The summed E-state index contributed by atoms with van der Waals surface area (Å²) in [6.07, 6.45) is 1.00. The first-order chi connectivity index (χ1) is 10.0. The van der Waals surface area contributed by atoms with Crippen LogP contribution in [0.4, 0.5) is 10.6 Å². The first-order valence-electron chi connectivity index (χ1n) is 6.58. The maximum absolute atomic E-state index is 11.6. The van der Waals surface area contributed by atoms with Gasteiger partial charge in [-0.05, 0) is 13.0 Å². The van der Waals surface area contributed by atoms with Crippen molar-refractivity contribution in [2.45, 2.75) is 6.92 Å². The largest absolute Gasteiger partial charge is 0.478 e. The van der Waals surface area contributed by atoms with Crippen LogP contribution < -0.4 is 4.90 Å². The summed E-state index contributed by atoms with van der Waals surface area (Å²) in [6, 6.07) is 1.45. The van der Waals surface area contributed by atoms with E-state index in [9.17, 15) is 9.59 Å². The van der Waals surface area contributed by atoms with Crippen molar-refractivity contribution in [3.63, 3.8) is 0 Å². The predicted molar refractivity (Wildman–Crippen MR) is 77.0 cm³/mol. The summed E-state index contributed by atoms with van der Waals surface area (Å²) in [5.41, 5.74) is 0.0227. The molecule has 0 radical (unpaired) electrons. The normalized spacial score (nSPS) is 15.0. The molecule has 2 rings (SSSR count). The summed E-state index contributed by atoms with van der Waals surface area (Å²) in [6.45, 7) is 4.25. The fraction of sp³-hybridized carbons (Fsp3) is 0.462. The van der Waals surface area contributed by atoms with Crippen LogP contribution in [0.5, 0.6) is 0 Å². The molecule has 1 aromatic rings. The fourth-order valence-corrected chi connectivity index (χ4v) is 2.28. The number of ether oxygens (including phenoxy) is 1. The SMILES string of the molecule is CCOC(=O)N1CCN(c2cc(C(=O)O)c(Cl)cn2)CC1. The number of nitrogens with zero attached hydrogens (tertiary/aromatic N) is 3. The lowest BCUT2D eigenvalue weighted by Gasteiger charge is -2.34. The Morgan fingerprint density at radius 3 is 2.62 bits per heavy atom. The van der Waals surface area contributed by atoms with Gasteiger partial charge in [0.1, 0.15) is 5.82 Å². The number of pyridine rings is 1. The summed E-state index contributed by atoms with van der Waals surface area (Å²) in [5.74, 6) is -0.547. The second kappa shape index (κ2) is 6.62. The van der Waals surface area contributed by atoms with Gasteiger partial charge in [-0.25, -0.2) is 14.6 Å². The van der Waals surface area contributed by atoms with Gasteiger partial charge < -0.3 is 19.6 Å². The quantitative estimate of drug-likeness (QED) is 0.914. The number of hydrogen-bond acceptors (Lipinski definition) is 5. The topological polar surface area (TPSA) is 83.0 Å². The molecule has 1 saturated heterocycles. The predicted octanol–water partition coefficient (Wildman–Crippen LogP) is 1.71. The minimum atomic E-state index is -1.09. The average Bonchev–Trinajstić information content (AvgIpc) is 2.48. The second-order valence-electron chi connectivity index (χ2n) is 4.50. The van der Waals surface area contributed by atoms with Gasteiger partial charge in [0.15, 0.2) is 0 Å². The number of piperazine rings is 1. The molecule has 2 heterocycles. The van der Waals surface area contributed by atoms with Crippen LogP contribution in [-0.2, 0) is 4.74 Å². The first kappa shape index (κ1) is 15.4. The van der Waals surface area contributed by atoms with E-state index in [0.29, 0.717) is 38.6 Å². The van der Waals surface area contributed by atoms with E-state index < -0.39 is 5.97 Å². The number of carboxylic acid groups (broad SMARTS) is 1. The molecule has 0 aliphatic carbocycles. The number of carbonyl (C=O) groups is 2. The van der Waals surface area contributed by atoms with Crippen LogP contribution in [0.15, 0.2) is 12.3 Å². The Bertz CT molecular complexity index is 544. The molecule has 1 aliphatic rings. The number of rotatable bonds is 3. The smallest absolute Gasteiger partial charge is 0.409 e. The van der Waals surface area contributed by atoms with Crippen molar-refractivity contribution < 1.29 is 19.4 Å². The van der Waals surface area contributed by atoms with Crippen molar-refractivity contribution in [1.29, 1.82) is 0 Å². The van der Waals surface area contributed by atoms with Gasteiger partial charge in [0, 0.05) is 32.4 Å². The van der Waals surface area contributed by atoms with Crippen LogP contribution in [0, 0.1) is 0 Å². The molecule has 0 saturated carbocycles. The number of hydrogen-bond donors (Lipinski definition) is 1. The third kappa shape index (κ3) is 3.55. The van der Waals surface area contributed by atoms with E-state index in [1.165, 1.54) is 12.3 Å². The molecule has 0 aromatic carbocycles. The molecule has 0 unspecified atom stereocenters. The van der Waals surface area contributed by atoms with Gasteiger partial charge in [-0.3, -0.25) is 0 Å². The van der Waals surface area contributed by atoms with Gasteiger partial charge in [-0.1, -0.05) is 11.6 Å². The monoisotopic (exact) mass is 313 g/mol. The van der Waals surface area contributed by atoms with Crippen LogP contribution in [0.25, 0.3) is 0 Å². The van der Waals surface area contributed by atoms with Crippen molar-refractivity contribution in [3.8, 4) is 0 Å². The van der Waals surface area contributed by atoms with Gasteiger partial charge in [-0.15, -0.1) is 0 Å². The summed E-state index contributed by atoms with van der Waals surface area (Å²) in [4.78, 5) is 30.4. The van der Waals surface area contributed by atoms with Gasteiger partial charge in [0.25, 0.3) is 0 Å². The van der Waals surface area contributed by atoms with Gasteiger partial charge >= 0.3 is 12.1 Å². The van der Waals surface area contributed by atoms with E-state index in [0.717, 1.165) is 0 Å². The summed E-state index contributed by atoms with van der Waals surface area (Å²) >= 11 is 5.80. The molecular formula is C13H16ClN3O4. The minimum Gasteiger partial charge on any atom is -0.478 e. The summed E-state index contributed by atoms with van der Waals surface area (Å²) < 4.78 is 4.95. The zero-order chi connectivity index (χ0) is 15.4. The lowest BCUT2D eigenvalue weighted by atomic mass is 10.2. The zero-order valence-electron chi connectivity index (χ0n) is 11.6. The molecule has 1 fully saturated rings. The molecule has 114 valence electrons. The fourth-order valence-electron chi connectivity index (χ4n) is 2.10. The highest BCUT2D eigenvalue weighted by atomic mass is 35.5. The Hall–Kier alpha value is -2.02. The van der Waals surface area contributed by atoms with Crippen LogP contribution in [0.1, 0.15) is 17.3 Å². The van der Waals surface area contributed by atoms with E-state index in [1.54, 1.807) is 11.8 Å².